The number of hydrogen-bond donors (Lipinski definition) is 1. The van der Waals surface area contributed by atoms with E-state index in [9.17, 15) is 9.18 Å². The number of methoxy groups -OCH3 is 1. The number of amides is 1. The smallest absolute Gasteiger partial charge is 0.251 e. The van der Waals surface area contributed by atoms with Crippen LogP contribution in [0.25, 0.3) is 11.1 Å². The lowest BCUT2D eigenvalue weighted by Crippen LogP contribution is -2.30. The van der Waals surface area contributed by atoms with Crippen molar-refractivity contribution in [3.8, 4) is 11.1 Å². The predicted octanol–water partition coefficient (Wildman–Crippen LogP) is 4.43. The van der Waals surface area contributed by atoms with E-state index in [1.807, 2.05) is 19.9 Å². The summed E-state index contributed by atoms with van der Waals surface area (Å²) in [4.78, 5) is 12.1. The number of benzene rings is 2. The van der Waals surface area contributed by atoms with Crippen LogP contribution in [0.15, 0.2) is 36.4 Å². The molecular formula is C18H19ClFNO2. The lowest BCUT2D eigenvalue weighted by atomic mass is 9.97. The quantitative estimate of drug-likeness (QED) is 0.877. The van der Waals surface area contributed by atoms with Gasteiger partial charge in [-0.3, -0.25) is 4.79 Å². The van der Waals surface area contributed by atoms with E-state index in [1.165, 1.54) is 6.07 Å². The number of carbonyl (C=O) groups is 1. The van der Waals surface area contributed by atoms with Crippen molar-refractivity contribution in [3.05, 3.63) is 58.4 Å². The Balaban J connectivity index is 2.43. The van der Waals surface area contributed by atoms with Crippen molar-refractivity contribution in [2.75, 3.05) is 7.11 Å². The van der Waals surface area contributed by atoms with E-state index in [4.69, 9.17) is 16.3 Å². The van der Waals surface area contributed by atoms with Gasteiger partial charge in [0.15, 0.2) is 0 Å². The Labute approximate surface area is 140 Å². The van der Waals surface area contributed by atoms with Crippen LogP contribution in [0.3, 0.4) is 0 Å². The Hall–Kier alpha value is -1.91. The van der Waals surface area contributed by atoms with Crippen LogP contribution in [-0.2, 0) is 11.3 Å². The molecule has 122 valence electrons. The summed E-state index contributed by atoms with van der Waals surface area (Å²) in [5.74, 6) is -0.599. The number of nitrogens with one attached hydrogen (secondary N) is 1. The molecule has 0 fully saturated rings. The monoisotopic (exact) mass is 335 g/mol. The number of ether oxygens (including phenoxy) is 1. The van der Waals surface area contributed by atoms with Crippen LogP contribution < -0.4 is 5.32 Å². The van der Waals surface area contributed by atoms with Crippen molar-refractivity contribution in [1.82, 2.24) is 5.32 Å². The predicted molar refractivity (Wildman–Crippen MR) is 90.2 cm³/mol. The van der Waals surface area contributed by atoms with Crippen LogP contribution in [0.4, 0.5) is 4.39 Å². The second-order valence-electron chi connectivity index (χ2n) is 5.56. The van der Waals surface area contributed by atoms with E-state index in [0.29, 0.717) is 12.2 Å². The zero-order valence-electron chi connectivity index (χ0n) is 13.3. The molecular weight excluding hydrogens is 317 g/mol. The molecule has 0 unspecified atom stereocenters. The molecule has 0 bridgehead atoms. The fourth-order valence-corrected chi connectivity index (χ4v) is 2.48. The maximum absolute atomic E-state index is 13.3. The van der Waals surface area contributed by atoms with Crippen molar-refractivity contribution >= 4 is 17.5 Å². The largest absolute Gasteiger partial charge is 0.380 e. The average molecular weight is 336 g/mol. The molecule has 0 saturated carbocycles. The summed E-state index contributed by atoms with van der Waals surface area (Å²) in [6.45, 7) is 4.15. The first kappa shape index (κ1) is 17.4. The number of halogens is 2. The van der Waals surface area contributed by atoms with E-state index in [2.05, 4.69) is 5.32 Å². The van der Waals surface area contributed by atoms with Crippen LogP contribution in [0.1, 0.15) is 29.8 Å². The van der Waals surface area contributed by atoms with E-state index in [0.717, 1.165) is 16.7 Å². The third-order valence-corrected chi connectivity index (χ3v) is 3.61. The highest BCUT2D eigenvalue weighted by Crippen LogP contribution is 2.29. The highest BCUT2D eigenvalue weighted by Gasteiger charge is 2.13. The second kappa shape index (κ2) is 7.57. The first-order valence-corrected chi connectivity index (χ1v) is 7.68. The van der Waals surface area contributed by atoms with E-state index in [1.54, 1.807) is 31.4 Å². The molecule has 0 aliphatic heterocycles. The summed E-state index contributed by atoms with van der Waals surface area (Å²) < 4.78 is 18.6. The minimum Gasteiger partial charge on any atom is -0.380 e. The molecule has 0 aromatic heterocycles. The van der Waals surface area contributed by atoms with Crippen LogP contribution >= 0.6 is 11.6 Å². The van der Waals surface area contributed by atoms with Crippen LogP contribution in [0.5, 0.6) is 0 Å². The number of rotatable bonds is 5. The normalized spacial score (nSPS) is 10.9. The summed E-state index contributed by atoms with van der Waals surface area (Å²) in [5, 5.41) is 2.92. The van der Waals surface area contributed by atoms with Gasteiger partial charge in [0.1, 0.15) is 5.82 Å². The molecule has 0 radical (unpaired) electrons. The molecule has 0 aliphatic rings. The molecule has 23 heavy (non-hydrogen) atoms. The molecule has 2 rings (SSSR count). The topological polar surface area (TPSA) is 38.3 Å². The summed E-state index contributed by atoms with van der Waals surface area (Å²) in [6.07, 6.45) is 0. The van der Waals surface area contributed by atoms with Gasteiger partial charge in [-0.25, -0.2) is 4.39 Å². The Morgan fingerprint density at radius 1 is 1.26 bits per heavy atom. The molecule has 5 heteroatoms. The SMILES string of the molecule is COCc1cc(C(=O)NC(C)C)ccc1-c1ccc(F)c(Cl)c1. The van der Waals surface area contributed by atoms with Gasteiger partial charge < -0.3 is 10.1 Å². The Morgan fingerprint density at radius 3 is 2.61 bits per heavy atom. The molecule has 2 aromatic carbocycles. The van der Waals surface area contributed by atoms with Gasteiger partial charge in [-0.2, -0.15) is 0 Å². The van der Waals surface area contributed by atoms with Crippen LogP contribution in [-0.4, -0.2) is 19.1 Å². The first-order chi connectivity index (χ1) is 10.9. The van der Waals surface area contributed by atoms with Gasteiger partial charge in [0.25, 0.3) is 5.91 Å². The minimum atomic E-state index is -0.461. The molecule has 3 nitrogen and oxygen atoms in total. The highest BCUT2D eigenvalue weighted by atomic mass is 35.5. The summed E-state index contributed by atoms with van der Waals surface area (Å²) >= 11 is 5.86. The fraction of sp³-hybridized carbons (Fsp3) is 0.278. The second-order valence-corrected chi connectivity index (χ2v) is 5.97. The van der Waals surface area contributed by atoms with Crippen molar-refractivity contribution in [1.29, 1.82) is 0 Å². The van der Waals surface area contributed by atoms with E-state index < -0.39 is 5.82 Å². The standard InChI is InChI=1S/C18H19ClFNO2/c1-11(2)21-18(22)13-4-6-15(14(8-13)10-23-3)12-5-7-17(20)16(19)9-12/h4-9,11H,10H2,1-3H3,(H,21,22). The van der Waals surface area contributed by atoms with Gasteiger partial charge in [0, 0.05) is 18.7 Å². The van der Waals surface area contributed by atoms with Gasteiger partial charge in [0.05, 0.1) is 11.6 Å². The molecule has 0 saturated heterocycles. The third-order valence-electron chi connectivity index (χ3n) is 3.32. The highest BCUT2D eigenvalue weighted by molar-refractivity contribution is 6.31. The molecule has 1 N–H and O–H groups in total. The van der Waals surface area contributed by atoms with Crippen molar-refractivity contribution in [2.24, 2.45) is 0 Å². The lowest BCUT2D eigenvalue weighted by molar-refractivity contribution is 0.0943. The van der Waals surface area contributed by atoms with Crippen LogP contribution in [0, 0.1) is 5.82 Å². The third kappa shape index (κ3) is 4.30. The summed E-state index contributed by atoms with van der Waals surface area (Å²) in [5.41, 5.74) is 3.03. The minimum absolute atomic E-state index is 0.0592. The maximum Gasteiger partial charge on any atom is 0.251 e. The van der Waals surface area contributed by atoms with Crippen molar-refractivity contribution in [2.45, 2.75) is 26.5 Å². The molecule has 0 spiro atoms. The molecule has 0 heterocycles. The van der Waals surface area contributed by atoms with Gasteiger partial charge in [-0.05, 0) is 54.8 Å². The molecule has 1 amide bonds. The fourth-order valence-electron chi connectivity index (χ4n) is 2.30. The zero-order chi connectivity index (χ0) is 17.0. The number of hydrogen-bond acceptors (Lipinski definition) is 2. The van der Waals surface area contributed by atoms with Gasteiger partial charge in [0.2, 0.25) is 0 Å². The first-order valence-electron chi connectivity index (χ1n) is 7.30. The Kier molecular flexibility index (Phi) is 5.74. The average Bonchev–Trinajstić information content (AvgIpc) is 2.50. The van der Waals surface area contributed by atoms with Gasteiger partial charge in [-0.15, -0.1) is 0 Å². The summed E-state index contributed by atoms with van der Waals surface area (Å²) in [7, 11) is 1.59. The summed E-state index contributed by atoms with van der Waals surface area (Å²) in [6, 6.07) is 9.96. The van der Waals surface area contributed by atoms with E-state index in [-0.39, 0.29) is 17.0 Å². The van der Waals surface area contributed by atoms with Crippen molar-refractivity contribution in [3.63, 3.8) is 0 Å². The van der Waals surface area contributed by atoms with Gasteiger partial charge >= 0.3 is 0 Å². The zero-order valence-corrected chi connectivity index (χ0v) is 14.1. The van der Waals surface area contributed by atoms with E-state index >= 15 is 0 Å². The molecule has 2 aromatic rings. The molecule has 0 aliphatic carbocycles. The molecule has 0 atom stereocenters. The Morgan fingerprint density at radius 2 is 2.00 bits per heavy atom. The number of carbonyl (C=O) groups excluding carboxylic acids is 1. The van der Waals surface area contributed by atoms with Crippen LogP contribution in [0.2, 0.25) is 5.02 Å². The Bertz CT molecular complexity index is 716. The maximum atomic E-state index is 13.3. The van der Waals surface area contributed by atoms with Gasteiger partial charge in [-0.1, -0.05) is 23.7 Å². The lowest BCUT2D eigenvalue weighted by Gasteiger charge is -2.13. The van der Waals surface area contributed by atoms with Crippen molar-refractivity contribution < 1.29 is 13.9 Å².